The fourth-order valence-corrected chi connectivity index (χ4v) is 2.67. The summed E-state index contributed by atoms with van der Waals surface area (Å²) in [6.07, 6.45) is 6.81. The van der Waals surface area contributed by atoms with Gasteiger partial charge >= 0.3 is 0 Å². The van der Waals surface area contributed by atoms with E-state index in [4.69, 9.17) is 21.7 Å². The quantitative estimate of drug-likeness (QED) is 0.287. The molecule has 136 valence electrons. The summed E-state index contributed by atoms with van der Waals surface area (Å²) in [7, 11) is 1.59. The van der Waals surface area contributed by atoms with Gasteiger partial charge in [-0.05, 0) is 63.5 Å². The third kappa shape index (κ3) is 6.12. The van der Waals surface area contributed by atoms with Crippen molar-refractivity contribution in [3.05, 3.63) is 64.9 Å². The van der Waals surface area contributed by atoms with Crippen LogP contribution in [0.2, 0.25) is 0 Å². The van der Waals surface area contributed by atoms with Crippen LogP contribution in [0.25, 0.3) is 0 Å². The van der Waals surface area contributed by atoms with Crippen LogP contribution in [0.3, 0.4) is 0 Å². The molecule has 0 aliphatic rings. The van der Waals surface area contributed by atoms with E-state index in [2.05, 4.69) is 43.3 Å². The molecule has 8 heteroatoms. The molecule has 6 nitrogen and oxygen atoms in total. The van der Waals surface area contributed by atoms with E-state index in [1.165, 1.54) is 0 Å². The number of halogens is 1. The minimum absolute atomic E-state index is 0.412. The van der Waals surface area contributed by atoms with Gasteiger partial charge in [-0.15, -0.1) is 6.58 Å². The lowest BCUT2D eigenvalue weighted by Gasteiger charge is -2.13. The van der Waals surface area contributed by atoms with Gasteiger partial charge in [-0.3, -0.25) is 10.4 Å². The summed E-state index contributed by atoms with van der Waals surface area (Å²) in [6, 6.07) is 7.51. The van der Waals surface area contributed by atoms with Gasteiger partial charge in [0.05, 0.1) is 17.8 Å². The van der Waals surface area contributed by atoms with Crippen molar-refractivity contribution in [2.24, 2.45) is 5.10 Å². The number of hydrogen-bond acceptors (Lipinski definition) is 5. The largest absolute Gasteiger partial charge is 0.493 e. The zero-order chi connectivity index (χ0) is 18.8. The lowest BCUT2D eigenvalue weighted by atomic mass is 10.2. The second-order valence-corrected chi connectivity index (χ2v) is 6.31. The maximum atomic E-state index is 5.89. The number of benzene rings is 1. The van der Waals surface area contributed by atoms with E-state index in [0.717, 1.165) is 15.6 Å². The summed E-state index contributed by atoms with van der Waals surface area (Å²) in [6.45, 7) is 4.60. The normalized spacial score (nSPS) is 10.4. The Kier molecular flexibility index (Phi) is 8.04. The zero-order valence-electron chi connectivity index (χ0n) is 14.2. The SMILES string of the molecule is C=CCNC(=S)NN=Cc1cc(Br)c(OCc2ccncc2)c(OC)c1. The third-order valence-electron chi connectivity index (χ3n) is 3.17. The number of methoxy groups -OCH3 is 1. The van der Waals surface area contributed by atoms with Gasteiger partial charge in [-0.1, -0.05) is 6.08 Å². The summed E-state index contributed by atoms with van der Waals surface area (Å²) >= 11 is 8.59. The first-order valence-electron chi connectivity index (χ1n) is 7.71. The van der Waals surface area contributed by atoms with Crippen LogP contribution >= 0.6 is 28.1 Å². The standard InChI is InChI=1S/C18H19BrN4O2S/c1-3-6-21-18(26)23-22-11-14-9-15(19)17(16(10-14)24-2)25-12-13-4-7-20-8-5-13/h3-5,7-11H,1,6,12H2,2H3,(H2,21,23,26). The van der Waals surface area contributed by atoms with Crippen molar-refractivity contribution in [3.63, 3.8) is 0 Å². The number of ether oxygens (including phenoxy) is 2. The van der Waals surface area contributed by atoms with Gasteiger partial charge < -0.3 is 14.8 Å². The fourth-order valence-electron chi connectivity index (χ4n) is 1.96. The number of aromatic nitrogens is 1. The van der Waals surface area contributed by atoms with E-state index >= 15 is 0 Å². The number of rotatable bonds is 8. The highest BCUT2D eigenvalue weighted by Crippen LogP contribution is 2.36. The molecule has 0 saturated carbocycles. The van der Waals surface area contributed by atoms with Crippen molar-refractivity contribution in [3.8, 4) is 11.5 Å². The molecule has 0 unspecified atom stereocenters. The van der Waals surface area contributed by atoms with Crippen molar-refractivity contribution < 1.29 is 9.47 Å². The molecule has 0 atom stereocenters. The summed E-state index contributed by atoms with van der Waals surface area (Å²) < 4.78 is 12.1. The molecule has 0 saturated heterocycles. The second kappa shape index (κ2) is 10.5. The summed E-state index contributed by atoms with van der Waals surface area (Å²) in [5, 5.41) is 7.44. The van der Waals surface area contributed by atoms with Crippen LogP contribution in [0, 0.1) is 0 Å². The molecule has 0 aliphatic heterocycles. The van der Waals surface area contributed by atoms with E-state index in [1.807, 2.05) is 24.3 Å². The Labute approximate surface area is 166 Å². The molecule has 26 heavy (non-hydrogen) atoms. The lowest BCUT2D eigenvalue weighted by Crippen LogP contribution is -2.31. The molecular weight excluding hydrogens is 416 g/mol. The molecule has 0 bridgehead atoms. The maximum Gasteiger partial charge on any atom is 0.187 e. The first kappa shape index (κ1) is 19.9. The monoisotopic (exact) mass is 434 g/mol. The molecule has 0 amide bonds. The lowest BCUT2D eigenvalue weighted by molar-refractivity contribution is 0.282. The zero-order valence-corrected chi connectivity index (χ0v) is 16.6. The Morgan fingerprint density at radius 3 is 2.85 bits per heavy atom. The highest BCUT2D eigenvalue weighted by molar-refractivity contribution is 9.10. The van der Waals surface area contributed by atoms with Gasteiger partial charge in [0.15, 0.2) is 16.6 Å². The minimum atomic E-state index is 0.412. The Balaban J connectivity index is 2.05. The predicted molar refractivity (Wildman–Crippen MR) is 111 cm³/mol. The molecule has 1 aromatic heterocycles. The average Bonchev–Trinajstić information content (AvgIpc) is 2.66. The highest BCUT2D eigenvalue weighted by atomic mass is 79.9. The van der Waals surface area contributed by atoms with E-state index < -0.39 is 0 Å². The third-order valence-corrected chi connectivity index (χ3v) is 4.00. The van der Waals surface area contributed by atoms with Crippen LogP contribution in [0.5, 0.6) is 11.5 Å². The van der Waals surface area contributed by atoms with Gasteiger partial charge in [0.25, 0.3) is 0 Å². The van der Waals surface area contributed by atoms with Crippen molar-refractivity contribution in [1.29, 1.82) is 0 Å². The van der Waals surface area contributed by atoms with Gasteiger partial charge in [-0.25, -0.2) is 0 Å². The highest BCUT2D eigenvalue weighted by Gasteiger charge is 2.11. The van der Waals surface area contributed by atoms with Crippen LogP contribution in [-0.4, -0.2) is 30.0 Å². The second-order valence-electron chi connectivity index (χ2n) is 5.05. The summed E-state index contributed by atoms with van der Waals surface area (Å²) in [5.74, 6) is 1.22. The molecule has 0 radical (unpaired) electrons. The Hall–Kier alpha value is -2.45. The molecule has 1 heterocycles. The molecule has 2 aromatic rings. The molecular formula is C18H19BrN4O2S. The van der Waals surface area contributed by atoms with Crippen molar-refractivity contribution in [2.75, 3.05) is 13.7 Å². The molecule has 0 fully saturated rings. The summed E-state index contributed by atoms with van der Waals surface area (Å²) in [5.41, 5.74) is 4.57. The van der Waals surface area contributed by atoms with E-state index in [9.17, 15) is 0 Å². The van der Waals surface area contributed by atoms with Crippen LogP contribution in [0.15, 0.2) is 58.9 Å². The van der Waals surface area contributed by atoms with Gasteiger partial charge in [0.2, 0.25) is 0 Å². The molecule has 0 spiro atoms. The first-order chi connectivity index (χ1) is 12.6. The van der Waals surface area contributed by atoms with Crippen LogP contribution < -0.4 is 20.2 Å². The fraction of sp³-hybridized carbons (Fsp3) is 0.167. The van der Waals surface area contributed by atoms with E-state index in [0.29, 0.717) is 29.8 Å². The number of nitrogens with one attached hydrogen (secondary N) is 2. The Morgan fingerprint density at radius 2 is 2.15 bits per heavy atom. The molecule has 2 rings (SSSR count). The summed E-state index contributed by atoms with van der Waals surface area (Å²) in [4.78, 5) is 3.99. The van der Waals surface area contributed by atoms with Crippen molar-refractivity contribution in [1.82, 2.24) is 15.7 Å². The maximum absolute atomic E-state index is 5.89. The minimum Gasteiger partial charge on any atom is -0.493 e. The van der Waals surface area contributed by atoms with E-state index in [-0.39, 0.29) is 0 Å². The number of hydrazone groups is 1. The predicted octanol–water partition coefficient (Wildman–Crippen LogP) is 3.42. The van der Waals surface area contributed by atoms with Gasteiger partial charge in [0, 0.05) is 18.9 Å². The van der Waals surface area contributed by atoms with Crippen molar-refractivity contribution >= 4 is 39.5 Å². The Morgan fingerprint density at radius 1 is 1.38 bits per heavy atom. The van der Waals surface area contributed by atoms with Crippen LogP contribution in [-0.2, 0) is 6.61 Å². The molecule has 1 aromatic carbocycles. The topological polar surface area (TPSA) is 67.8 Å². The average molecular weight is 435 g/mol. The smallest absolute Gasteiger partial charge is 0.187 e. The number of hydrogen-bond donors (Lipinski definition) is 2. The van der Waals surface area contributed by atoms with E-state index in [1.54, 1.807) is 31.8 Å². The van der Waals surface area contributed by atoms with Gasteiger partial charge in [0.1, 0.15) is 6.61 Å². The molecule has 2 N–H and O–H groups in total. The Bertz CT molecular complexity index is 784. The van der Waals surface area contributed by atoms with Gasteiger partial charge in [-0.2, -0.15) is 5.10 Å². The number of nitrogens with zero attached hydrogens (tertiary/aromatic N) is 2. The number of thiocarbonyl (C=S) groups is 1. The molecule has 0 aliphatic carbocycles. The number of pyridine rings is 1. The van der Waals surface area contributed by atoms with Crippen LogP contribution in [0.4, 0.5) is 0 Å². The first-order valence-corrected chi connectivity index (χ1v) is 8.91. The van der Waals surface area contributed by atoms with Crippen LogP contribution in [0.1, 0.15) is 11.1 Å². The van der Waals surface area contributed by atoms with Crippen molar-refractivity contribution in [2.45, 2.75) is 6.61 Å².